The van der Waals surface area contributed by atoms with Crippen molar-refractivity contribution in [1.82, 2.24) is 4.90 Å². The number of methoxy groups -OCH3 is 1. The average molecular weight is 409 g/mol. The molecule has 0 fully saturated rings. The van der Waals surface area contributed by atoms with Crippen LogP contribution in [-0.4, -0.2) is 31.1 Å². The highest BCUT2D eigenvalue weighted by Gasteiger charge is 2.32. The van der Waals surface area contributed by atoms with Crippen LogP contribution in [0.1, 0.15) is 61.1 Å². The SMILES string of the molecule is C=CCN1C(=O)c2ccccc2NC1c1ccc(OCCCCCCC)c(OC)c1. The number of benzene rings is 2. The molecule has 30 heavy (non-hydrogen) atoms. The van der Waals surface area contributed by atoms with Gasteiger partial charge in [0, 0.05) is 12.2 Å². The normalized spacial score (nSPS) is 15.3. The third kappa shape index (κ3) is 4.96. The van der Waals surface area contributed by atoms with Crippen LogP contribution >= 0.6 is 0 Å². The lowest BCUT2D eigenvalue weighted by Gasteiger charge is -2.37. The van der Waals surface area contributed by atoms with Crippen LogP contribution in [0, 0.1) is 0 Å². The fourth-order valence-corrected chi connectivity index (χ4v) is 3.74. The number of nitrogens with zero attached hydrogens (tertiary/aromatic N) is 1. The summed E-state index contributed by atoms with van der Waals surface area (Å²) in [5, 5.41) is 3.48. The Kier molecular flexibility index (Phi) is 7.77. The van der Waals surface area contributed by atoms with E-state index in [9.17, 15) is 4.79 Å². The van der Waals surface area contributed by atoms with E-state index >= 15 is 0 Å². The van der Waals surface area contributed by atoms with Crippen molar-refractivity contribution in [1.29, 1.82) is 0 Å². The molecule has 0 saturated heterocycles. The summed E-state index contributed by atoms with van der Waals surface area (Å²) < 4.78 is 11.5. The van der Waals surface area contributed by atoms with E-state index in [0.29, 0.717) is 24.5 Å². The van der Waals surface area contributed by atoms with E-state index in [4.69, 9.17) is 9.47 Å². The van der Waals surface area contributed by atoms with Crippen molar-refractivity contribution < 1.29 is 14.3 Å². The zero-order chi connectivity index (χ0) is 21.3. The van der Waals surface area contributed by atoms with Gasteiger partial charge in [0.15, 0.2) is 11.5 Å². The molecular formula is C25H32N2O3. The number of ether oxygens (including phenoxy) is 2. The summed E-state index contributed by atoms with van der Waals surface area (Å²) in [6.45, 7) is 7.15. The zero-order valence-electron chi connectivity index (χ0n) is 18.0. The van der Waals surface area contributed by atoms with Gasteiger partial charge in [-0.25, -0.2) is 0 Å². The quantitative estimate of drug-likeness (QED) is 0.377. The van der Waals surface area contributed by atoms with Crippen molar-refractivity contribution in [3.63, 3.8) is 0 Å². The largest absolute Gasteiger partial charge is 0.493 e. The maximum atomic E-state index is 13.0. The number of amides is 1. The Bertz CT molecular complexity index is 865. The molecule has 0 aliphatic carbocycles. The molecule has 160 valence electrons. The van der Waals surface area contributed by atoms with Gasteiger partial charge in [0.2, 0.25) is 0 Å². The Morgan fingerprint density at radius 2 is 1.90 bits per heavy atom. The van der Waals surface area contributed by atoms with Crippen molar-refractivity contribution in [3.05, 3.63) is 66.2 Å². The lowest BCUT2D eigenvalue weighted by molar-refractivity contribution is 0.0707. The molecule has 1 aliphatic rings. The van der Waals surface area contributed by atoms with Gasteiger partial charge in [0.1, 0.15) is 6.17 Å². The number of para-hydroxylation sites is 1. The van der Waals surface area contributed by atoms with Crippen molar-refractivity contribution in [2.24, 2.45) is 0 Å². The molecule has 1 atom stereocenters. The van der Waals surface area contributed by atoms with Gasteiger partial charge in [-0.15, -0.1) is 6.58 Å². The van der Waals surface area contributed by atoms with Crippen LogP contribution in [-0.2, 0) is 0 Å². The highest BCUT2D eigenvalue weighted by atomic mass is 16.5. The van der Waals surface area contributed by atoms with E-state index in [0.717, 1.165) is 23.4 Å². The molecule has 1 heterocycles. The van der Waals surface area contributed by atoms with E-state index in [2.05, 4.69) is 18.8 Å². The predicted molar refractivity (Wildman–Crippen MR) is 121 cm³/mol. The third-order valence-electron chi connectivity index (χ3n) is 5.36. The highest BCUT2D eigenvalue weighted by Crippen LogP contribution is 2.36. The number of hydrogen-bond acceptors (Lipinski definition) is 4. The molecule has 5 nitrogen and oxygen atoms in total. The third-order valence-corrected chi connectivity index (χ3v) is 5.36. The molecule has 1 amide bonds. The minimum absolute atomic E-state index is 0.0133. The van der Waals surface area contributed by atoms with Crippen molar-refractivity contribution in [2.45, 2.75) is 45.2 Å². The van der Waals surface area contributed by atoms with E-state index in [-0.39, 0.29) is 12.1 Å². The summed E-state index contributed by atoms with van der Waals surface area (Å²) in [5.41, 5.74) is 2.44. The van der Waals surface area contributed by atoms with Gasteiger partial charge in [0.25, 0.3) is 5.91 Å². The summed E-state index contributed by atoms with van der Waals surface area (Å²) >= 11 is 0. The monoisotopic (exact) mass is 408 g/mol. The number of carbonyl (C=O) groups excluding carboxylic acids is 1. The van der Waals surface area contributed by atoms with Gasteiger partial charge < -0.3 is 19.7 Å². The van der Waals surface area contributed by atoms with Crippen LogP contribution in [0.4, 0.5) is 5.69 Å². The van der Waals surface area contributed by atoms with Crippen molar-refractivity contribution in [2.75, 3.05) is 25.6 Å². The van der Waals surface area contributed by atoms with Crippen molar-refractivity contribution >= 4 is 11.6 Å². The van der Waals surface area contributed by atoms with E-state index in [1.54, 1.807) is 18.1 Å². The number of unbranched alkanes of at least 4 members (excludes halogenated alkanes) is 4. The molecule has 0 bridgehead atoms. The summed E-state index contributed by atoms with van der Waals surface area (Å²) in [5.74, 6) is 1.39. The molecule has 1 N–H and O–H groups in total. The Morgan fingerprint density at radius 3 is 2.67 bits per heavy atom. The Balaban J connectivity index is 1.77. The topological polar surface area (TPSA) is 50.8 Å². The number of fused-ring (bicyclic) bond motifs is 1. The van der Waals surface area contributed by atoms with Crippen LogP contribution in [0.25, 0.3) is 0 Å². The first-order chi connectivity index (χ1) is 14.7. The van der Waals surface area contributed by atoms with Crippen LogP contribution < -0.4 is 14.8 Å². The van der Waals surface area contributed by atoms with E-state index in [1.807, 2.05) is 42.5 Å². The standard InChI is InChI=1S/C25H32N2O3/c1-4-6-7-8-11-17-30-22-15-14-19(18-23(22)29-3)24-26-21-13-10-9-12-20(21)25(28)27(24)16-5-2/h5,9-10,12-15,18,24,26H,2,4,6-8,11,16-17H2,1,3H3. The second kappa shape index (κ2) is 10.7. The molecule has 3 rings (SSSR count). The van der Waals surface area contributed by atoms with Gasteiger partial charge in [-0.3, -0.25) is 4.79 Å². The van der Waals surface area contributed by atoms with Crippen LogP contribution in [0.3, 0.4) is 0 Å². The minimum atomic E-state index is -0.303. The molecule has 2 aromatic carbocycles. The molecule has 0 spiro atoms. The van der Waals surface area contributed by atoms with Gasteiger partial charge in [0.05, 0.1) is 19.3 Å². The number of anilines is 1. The van der Waals surface area contributed by atoms with Gasteiger partial charge in [-0.2, -0.15) is 0 Å². The predicted octanol–water partition coefficient (Wildman–Crippen LogP) is 5.80. The number of hydrogen-bond donors (Lipinski definition) is 1. The number of carbonyl (C=O) groups is 1. The first kappa shape index (κ1) is 21.8. The first-order valence-electron chi connectivity index (χ1n) is 10.8. The van der Waals surface area contributed by atoms with E-state index in [1.165, 1.54) is 25.7 Å². The summed E-state index contributed by atoms with van der Waals surface area (Å²) in [7, 11) is 1.64. The molecule has 0 saturated carbocycles. The summed E-state index contributed by atoms with van der Waals surface area (Å²) in [6.07, 6.45) is 7.41. The van der Waals surface area contributed by atoms with Gasteiger partial charge in [-0.05, 0) is 36.2 Å². The van der Waals surface area contributed by atoms with Gasteiger partial charge in [-0.1, -0.05) is 56.9 Å². The second-order valence-corrected chi connectivity index (χ2v) is 7.51. The Morgan fingerprint density at radius 1 is 1.10 bits per heavy atom. The van der Waals surface area contributed by atoms with E-state index < -0.39 is 0 Å². The summed E-state index contributed by atoms with van der Waals surface area (Å²) in [6, 6.07) is 13.4. The minimum Gasteiger partial charge on any atom is -0.493 e. The molecular weight excluding hydrogens is 376 g/mol. The lowest BCUT2D eigenvalue weighted by Crippen LogP contribution is -2.42. The zero-order valence-corrected chi connectivity index (χ0v) is 18.0. The summed E-state index contributed by atoms with van der Waals surface area (Å²) in [4.78, 5) is 14.8. The fourth-order valence-electron chi connectivity index (χ4n) is 3.74. The second-order valence-electron chi connectivity index (χ2n) is 7.51. The van der Waals surface area contributed by atoms with Gasteiger partial charge >= 0.3 is 0 Å². The van der Waals surface area contributed by atoms with Crippen molar-refractivity contribution in [3.8, 4) is 11.5 Å². The molecule has 0 radical (unpaired) electrons. The highest BCUT2D eigenvalue weighted by molar-refractivity contribution is 6.01. The molecule has 0 aromatic heterocycles. The average Bonchev–Trinajstić information content (AvgIpc) is 2.78. The smallest absolute Gasteiger partial charge is 0.258 e. The maximum Gasteiger partial charge on any atom is 0.258 e. The Hall–Kier alpha value is -2.95. The first-order valence-corrected chi connectivity index (χ1v) is 10.8. The molecule has 1 unspecified atom stereocenters. The molecule has 1 aliphatic heterocycles. The van der Waals surface area contributed by atoms with Crippen LogP contribution in [0.2, 0.25) is 0 Å². The Labute approximate surface area is 179 Å². The number of nitrogens with one attached hydrogen (secondary N) is 1. The fraction of sp³-hybridized carbons (Fsp3) is 0.400. The van der Waals surface area contributed by atoms with Crippen LogP contribution in [0.15, 0.2) is 55.1 Å². The number of rotatable bonds is 11. The molecule has 5 heteroatoms. The van der Waals surface area contributed by atoms with Crippen LogP contribution in [0.5, 0.6) is 11.5 Å². The lowest BCUT2D eigenvalue weighted by atomic mass is 10.0. The molecule has 2 aromatic rings. The maximum absolute atomic E-state index is 13.0.